The van der Waals surface area contributed by atoms with E-state index < -0.39 is 12.7 Å². The minimum Gasteiger partial charge on any atom is -0.439 e. The molecule has 1 aliphatic heterocycles. The summed E-state index contributed by atoms with van der Waals surface area (Å²) in [5, 5.41) is 18.8. The van der Waals surface area contributed by atoms with Crippen LogP contribution in [0.1, 0.15) is 25.0 Å². The zero-order chi connectivity index (χ0) is 17.2. The molecular formula is C17H19BN2O4. The largest absolute Gasteiger partial charge is 0.491 e. The van der Waals surface area contributed by atoms with Crippen LogP contribution < -0.4 is 10.2 Å². The molecule has 0 radical (unpaired) electrons. The second kappa shape index (κ2) is 6.72. The molecule has 0 amide bonds. The predicted octanol–water partition coefficient (Wildman–Crippen LogP) is 1.28. The summed E-state index contributed by atoms with van der Waals surface area (Å²) in [7, 11) is -0.853. The number of fused-ring (bicyclic) bond motifs is 1. The van der Waals surface area contributed by atoms with Gasteiger partial charge in [-0.1, -0.05) is 6.07 Å². The van der Waals surface area contributed by atoms with Crippen LogP contribution >= 0.6 is 0 Å². The SMILES string of the molecule is CC(C)(CO)N=Cc1ccc(Oc2ccc3c(c2)COB3O)nc1. The quantitative estimate of drug-likeness (QED) is 0.639. The summed E-state index contributed by atoms with van der Waals surface area (Å²) in [6.07, 6.45) is 3.34. The lowest BCUT2D eigenvalue weighted by Crippen LogP contribution is -2.27. The fourth-order valence-electron chi connectivity index (χ4n) is 2.21. The van der Waals surface area contributed by atoms with Crippen LogP contribution in [0, 0.1) is 0 Å². The van der Waals surface area contributed by atoms with Gasteiger partial charge in [0, 0.05) is 24.0 Å². The van der Waals surface area contributed by atoms with Gasteiger partial charge in [-0.25, -0.2) is 4.98 Å². The molecule has 124 valence electrons. The van der Waals surface area contributed by atoms with Crippen molar-refractivity contribution in [3.05, 3.63) is 47.7 Å². The van der Waals surface area contributed by atoms with Crippen LogP contribution in [0.3, 0.4) is 0 Å². The summed E-state index contributed by atoms with van der Waals surface area (Å²) in [6, 6.07) is 9.01. The van der Waals surface area contributed by atoms with Crippen LogP contribution in [0.4, 0.5) is 0 Å². The molecule has 1 aromatic carbocycles. The van der Waals surface area contributed by atoms with Gasteiger partial charge in [0.05, 0.1) is 18.8 Å². The van der Waals surface area contributed by atoms with Crippen LogP contribution in [-0.4, -0.2) is 40.6 Å². The summed E-state index contributed by atoms with van der Waals surface area (Å²) < 4.78 is 10.9. The van der Waals surface area contributed by atoms with E-state index in [9.17, 15) is 10.1 Å². The highest BCUT2D eigenvalue weighted by Crippen LogP contribution is 2.22. The highest BCUT2D eigenvalue weighted by Gasteiger charge is 2.27. The second-order valence-electron chi connectivity index (χ2n) is 6.28. The van der Waals surface area contributed by atoms with E-state index in [2.05, 4.69) is 9.98 Å². The first-order valence-electron chi connectivity index (χ1n) is 7.69. The molecular weight excluding hydrogens is 307 g/mol. The van der Waals surface area contributed by atoms with Gasteiger partial charge in [-0.05, 0) is 43.1 Å². The van der Waals surface area contributed by atoms with Crippen LogP contribution in [0.5, 0.6) is 11.6 Å². The number of hydrogen-bond acceptors (Lipinski definition) is 6. The number of aliphatic hydroxyl groups is 1. The van der Waals surface area contributed by atoms with Gasteiger partial charge in [-0.15, -0.1) is 0 Å². The Hall–Kier alpha value is -2.22. The first kappa shape index (κ1) is 16.6. The number of nitrogens with zero attached hydrogens (tertiary/aromatic N) is 2. The molecule has 2 N–H and O–H groups in total. The maximum Gasteiger partial charge on any atom is 0.491 e. The molecule has 1 aliphatic rings. The summed E-state index contributed by atoms with van der Waals surface area (Å²) in [4.78, 5) is 8.56. The average Bonchev–Trinajstić information content (AvgIpc) is 2.95. The Bertz CT molecular complexity index is 747. The highest BCUT2D eigenvalue weighted by molar-refractivity contribution is 6.61. The van der Waals surface area contributed by atoms with Crippen molar-refractivity contribution in [1.82, 2.24) is 4.98 Å². The van der Waals surface area contributed by atoms with Crippen molar-refractivity contribution in [1.29, 1.82) is 0 Å². The standard InChI is InChI=1S/C17H19BN2O4/c1-17(2,11-21)20-9-12-3-6-16(19-8-12)24-14-4-5-15-13(7-14)10-23-18(15)22/h3-9,21-22H,10-11H2,1-2H3. The zero-order valence-corrected chi connectivity index (χ0v) is 13.6. The lowest BCUT2D eigenvalue weighted by atomic mass is 9.80. The zero-order valence-electron chi connectivity index (χ0n) is 13.6. The first-order chi connectivity index (χ1) is 11.5. The van der Waals surface area contributed by atoms with Crippen molar-refractivity contribution < 1.29 is 19.5 Å². The number of rotatable bonds is 5. The molecule has 3 rings (SSSR count). The van der Waals surface area contributed by atoms with Gasteiger partial charge in [0.25, 0.3) is 0 Å². The summed E-state index contributed by atoms with van der Waals surface area (Å²) >= 11 is 0. The van der Waals surface area contributed by atoms with Crippen LogP contribution in [0.25, 0.3) is 0 Å². The second-order valence-corrected chi connectivity index (χ2v) is 6.28. The van der Waals surface area contributed by atoms with Crippen molar-refractivity contribution in [3.63, 3.8) is 0 Å². The molecule has 0 spiro atoms. The van der Waals surface area contributed by atoms with Crippen LogP contribution in [0.2, 0.25) is 0 Å². The number of pyridine rings is 1. The summed E-state index contributed by atoms with van der Waals surface area (Å²) in [5.41, 5.74) is 2.00. The summed E-state index contributed by atoms with van der Waals surface area (Å²) in [5.74, 6) is 1.11. The van der Waals surface area contributed by atoms with Crippen molar-refractivity contribution in [2.45, 2.75) is 26.0 Å². The van der Waals surface area contributed by atoms with Crippen molar-refractivity contribution >= 4 is 18.8 Å². The molecule has 2 aromatic rings. The lowest BCUT2D eigenvalue weighted by Gasteiger charge is -2.14. The molecule has 0 fully saturated rings. The topological polar surface area (TPSA) is 84.2 Å². The van der Waals surface area contributed by atoms with Gasteiger partial charge < -0.3 is 19.5 Å². The van der Waals surface area contributed by atoms with Crippen LogP contribution in [-0.2, 0) is 11.3 Å². The average molecular weight is 326 g/mol. The Labute approximate surface area is 140 Å². The molecule has 7 heteroatoms. The maximum atomic E-state index is 9.61. The smallest absolute Gasteiger partial charge is 0.439 e. The Morgan fingerprint density at radius 1 is 1.38 bits per heavy atom. The number of aliphatic imine (C=N–C) groups is 1. The lowest BCUT2D eigenvalue weighted by molar-refractivity contribution is 0.223. The number of aromatic nitrogens is 1. The summed E-state index contributed by atoms with van der Waals surface area (Å²) in [6.45, 7) is 4.05. The molecule has 0 atom stereocenters. The molecule has 0 bridgehead atoms. The molecule has 0 aliphatic carbocycles. The van der Waals surface area contributed by atoms with Gasteiger partial charge in [-0.2, -0.15) is 0 Å². The third-order valence-electron chi connectivity index (χ3n) is 3.71. The molecule has 24 heavy (non-hydrogen) atoms. The molecule has 0 saturated heterocycles. The van der Waals surface area contributed by atoms with Gasteiger partial charge in [0.15, 0.2) is 0 Å². The van der Waals surface area contributed by atoms with E-state index in [0.29, 0.717) is 18.2 Å². The van der Waals surface area contributed by atoms with E-state index in [1.54, 1.807) is 30.6 Å². The van der Waals surface area contributed by atoms with Gasteiger partial charge in [-0.3, -0.25) is 4.99 Å². The van der Waals surface area contributed by atoms with Gasteiger partial charge in [0.2, 0.25) is 5.88 Å². The van der Waals surface area contributed by atoms with E-state index in [1.807, 2.05) is 26.0 Å². The monoisotopic (exact) mass is 326 g/mol. The van der Waals surface area contributed by atoms with E-state index in [-0.39, 0.29) is 6.61 Å². The Morgan fingerprint density at radius 2 is 2.21 bits per heavy atom. The third kappa shape index (κ3) is 3.81. The van der Waals surface area contributed by atoms with E-state index in [1.165, 1.54) is 0 Å². The number of ether oxygens (including phenoxy) is 1. The third-order valence-corrected chi connectivity index (χ3v) is 3.71. The van der Waals surface area contributed by atoms with E-state index in [4.69, 9.17) is 9.39 Å². The fraction of sp³-hybridized carbons (Fsp3) is 0.294. The highest BCUT2D eigenvalue weighted by atomic mass is 16.5. The Kier molecular flexibility index (Phi) is 4.66. The van der Waals surface area contributed by atoms with Crippen LogP contribution in [0.15, 0.2) is 41.5 Å². The van der Waals surface area contributed by atoms with Gasteiger partial charge >= 0.3 is 7.12 Å². The Morgan fingerprint density at radius 3 is 2.92 bits per heavy atom. The molecule has 6 nitrogen and oxygen atoms in total. The maximum absolute atomic E-state index is 9.61. The number of aliphatic hydroxyl groups excluding tert-OH is 1. The molecule has 1 aromatic heterocycles. The molecule has 0 saturated carbocycles. The number of hydrogen-bond donors (Lipinski definition) is 2. The van der Waals surface area contributed by atoms with Gasteiger partial charge in [0.1, 0.15) is 5.75 Å². The minimum atomic E-state index is -0.853. The van der Waals surface area contributed by atoms with E-state index in [0.717, 1.165) is 16.6 Å². The first-order valence-corrected chi connectivity index (χ1v) is 7.69. The molecule has 0 unspecified atom stereocenters. The van der Waals surface area contributed by atoms with Crippen molar-refractivity contribution in [2.24, 2.45) is 4.99 Å². The Balaban J connectivity index is 1.69. The number of benzene rings is 1. The normalized spacial score (nSPS) is 14.2. The van der Waals surface area contributed by atoms with E-state index >= 15 is 0 Å². The predicted molar refractivity (Wildman–Crippen MR) is 91.9 cm³/mol. The van der Waals surface area contributed by atoms with Crippen molar-refractivity contribution in [2.75, 3.05) is 6.61 Å². The van der Waals surface area contributed by atoms with Crippen molar-refractivity contribution in [3.8, 4) is 11.6 Å². The molecule has 2 heterocycles. The fourth-order valence-corrected chi connectivity index (χ4v) is 2.21. The minimum absolute atomic E-state index is 0.0190.